The Labute approximate surface area is 142 Å². The van der Waals surface area contributed by atoms with Crippen molar-refractivity contribution in [2.45, 2.75) is 0 Å². The second-order valence-electron chi connectivity index (χ2n) is 5.27. The summed E-state index contributed by atoms with van der Waals surface area (Å²) in [6, 6.07) is 29.7. The van der Waals surface area contributed by atoms with E-state index in [1.54, 1.807) is 0 Å². The second kappa shape index (κ2) is 7.13. The molecule has 2 nitrogen and oxygen atoms in total. The van der Waals surface area contributed by atoms with Gasteiger partial charge >= 0.3 is 0 Å². The molecule has 116 valence electrons. The first kappa shape index (κ1) is 16.0. The molecule has 0 N–H and O–H groups in total. The van der Waals surface area contributed by atoms with Crippen molar-refractivity contribution < 1.29 is 4.79 Å². The van der Waals surface area contributed by atoms with Crippen molar-refractivity contribution in [3.63, 3.8) is 0 Å². The lowest BCUT2D eigenvalue weighted by Gasteiger charge is -2.29. The van der Waals surface area contributed by atoms with Crippen LogP contribution in [0.2, 0.25) is 0 Å². The summed E-state index contributed by atoms with van der Waals surface area (Å²) >= 11 is 0. The Bertz CT molecular complexity index is 822. The average Bonchev–Trinajstić information content (AvgIpc) is 2.68. The third-order valence-electron chi connectivity index (χ3n) is 3.99. The number of rotatable bonds is 4. The van der Waals surface area contributed by atoms with Gasteiger partial charge in [0.05, 0.1) is 6.57 Å². The normalized spacial score (nSPS) is 10.6. The monoisotopic (exact) mass is 329 g/mol. The summed E-state index contributed by atoms with van der Waals surface area (Å²) in [5, 5.41) is 3.04. The smallest absolute Gasteiger partial charge is 0.233 e. The molecular formula is C21H16NOP. The molecule has 0 radical (unpaired) electrons. The van der Waals surface area contributed by atoms with Crippen molar-refractivity contribution in [3.8, 4) is 0 Å². The maximum absolute atomic E-state index is 11.9. The summed E-state index contributed by atoms with van der Waals surface area (Å²) in [5.41, 5.74) is 0.270. The highest BCUT2D eigenvalue weighted by molar-refractivity contribution is 7.96. The Morgan fingerprint density at radius 1 is 0.708 bits per heavy atom. The third-order valence-corrected chi connectivity index (χ3v) is 8.11. The molecule has 0 bridgehead atoms. The fraction of sp³-hybridized carbons (Fsp3) is 0. The van der Waals surface area contributed by atoms with Gasteiger partial charge in [0.1, 0.15) is 0 Å². The lowest BCUT2D eigenvalue weighted by Crippen LogP contribution is -2.29. The molecule has 24 heavy (non-hydrogen) atoms. The maximum Gasteiger partial charge on any atom is 0.233 e. The molecule has 0 saturated carbocycles. The van der Waals surface area contributed by atoms with Gasteiger partial charge in [-0.1, -0.05) is 91.0 Å². The number of nitrogens with zero attached hydrogens (tertiary/aromatic N) is 1. The minimum absolute atomic E-state index is 0.270. The molecule has 0 unspecified atom stereocenters. The number of benzene rings is 3. The van der Waals surface area contributed by atoms with Crippen LogP contribution >= 0.6 is 6.89 Å². The summed E-state index contributed by atoms with van der Waals surface area (Å²) < 4.78 is 0. The predicted octanol–water partition coefficient (Wildman–Crippen LogP) is 3.23. The van der Waals surface area contributed by atoms with Crippen LogP contribution in [-0.4, -0.2) is 11.7 Å². The molecule has 0 fully saturated rings. The summed E-state index contributed by atoms with van der Waals surface area (Å²) in [5.74, 6) is 0. The van der Waals surface area contributed by atoms with Crippen LogP contribution < -0.4 is 15.9 Å². The van der Waals surface area contributed by atoms with Crippen LogP contribution in [0.3, 0.4) is 0 Å². The molecule has 0 aromatic heterocycles. The molecule has 0 aliphatic rings. The van der Waals surface area contributed by atoms with Crippen molar-refractivity contribution in [2.75, 3.05) is 0 Å². The van der Waals surface area contributed by atoms with Gasteiger partial charge in [-0.3, -0.25) is 0 Å². The molecule has 0 atom stereocenters. The Morgan fingerprint density at radius 3 is 1.29 bits per heavy atom. The number of hydrogen-bond donors (Lipinski definition) is 0. The minimum Gasteiger partial charge on any atom is -0.311 e. The zero-order valence-corrected chi connectivity index (χ0v) is 13.9. The van der Waals surface area contributed by atoms with E-state index < -0.39 is 6.89 Å². The molecule has 0 aliphatic carbocycles. The molecule has 3 heteroatoms. The van der Waals surface area contributed by atoms with E-state index in [0.717, 1.165) is 22.2 Å². The third kappa shape index (κ3) is 2.60. The van der Waals surface area contributed by atoms with E-state index in [9.17, 15) is 4.79 Å². The van der Waals surface area contributed by atoms with Gasteiger partial charge in [0, 0.05) is 0 Å². The Hall–Kier alpha value is -2.88. The zero-order valence-electron chi connectivity index (χ0n) is 13.0. The molecule has 3 rings (SSSR count). The van der Waals surface area contributed by atoms with Crippen LogP contribution in [0.5, 0.6) is 0 Å². The minimum atomic E-state index is -2.47. The van der Waals surface area contributed by atoms with Crippen molar-refractivity contribution in [1.29, 1.82) is 0 Å². The van der Waals surface area contributed by atoms with Crippen molar-refractivity contribution in [1.82, 2.24) is 0 Å². The van der Waals surface area contributed by atoms with E-state index in [0.29, 0.717) is 0 Å². The van der Waals surface area contributed by atoms with E-state index in [1.165, 1.54) is 0 Å². The molecule has 0 saturated heterocycles. The van der Waals surface area contributed by atoms with Crippen molar-refractivity contribution >= 4 is 34.5 Å². The van der Waals surface area contributed by atoms with E-state index in [2.05, 4.69) is 4.85 Å². The van der Waals surface area contributed by atoms with E-state index in [-0.39, 0.29) is 5.42 Å². The fourth-order valence-electron chi connectivity index (χ4n) is 2.98. The first-order chi connectivity index (χ1) is 11.8. The Kier molecular flexibility index (Phi) is 4.75. The lowest BCUT2D eigenvalue weighted by molar-refractivity contribution is -0.102. The van der Waals surface area contributed by atoms with E-state index >= 15 is 0 Å². The standard InChI is InChI=1S/C21H16NOP/c1-22-21(17-23)24(18-11-5-2-6-12-18,19-13-7-3-8-14-19)20-15-9-4-10-16-20/h2-17H. The average molecular weight is 329 g/mol. The van der Waals surface area contributed by atoms with Crippen LogP contribution in [0.4, 0.5) is 0 Å². The quantitative estimate of drug-likeness (QED) is 0.409. The summed E-state index contributed by atoms with van der Waals surface area (Å²) in [6.07, 6.45) is 0.730. The van der Waals surface area contributed by atoms with Gasteiger partial charge in [-0.05, 0) is 22.8 Å². The van der Waals surface area contributed by atoms with Crippen molar-refractivity contribution in [2.24, 2.45) is 0 Å². The largest absolute Gasteiger partial charge is 0.311 e. The van der Waals surface area contributed by atoms with Gasteiger partial charge < -0.3 is 4.79 Å². The summed E-state index contributed by atoms with van der Waals surface area (Å²) in [6.45, 7) is 5.18. The zero-order chi connectivity index (χ0) is 16.8. The topological polar surface area (TPSA) is 21.4 Å². The van der Waals surface area contributed by atoms with Crippen LogP contribution in [0, 0.1) is 6.57 Å². The van der Waals surface area contributed by atoms with Gasteiger partial charge in [-0.2, -0.15) is 0 Å². The summed E-state index contributed by atoms with van der Waals surface area (Å²) in [7, 11) is 0. The van der Waals surface area contributed by atoms with Crippen molar-refractivity contribution in [3.05, 3.63) is 102 Å². The maximum atomic E-state index is 11.9. The van der Waals surface area contributed by atoms with Crippen LogP contribution in [0.1, 0.15) is 0 Å². The highest BCUT2D eigenvalue weighted by Gasteiger charge is 2.30. The first-order valence-electron chi connectivity index (χ1n) is 7.60. The second-order valence-corrected chi connectivity index (χ2v) is 8.61. The van der Waals surface area contributed by atoms with Crippen LogP contribution in [0.15, 0.2) is 91.0 Å². The molecule has 3 aromatic carbocycles. The van der Waals surface area contributed by atoms with Gasteiger partial charge in [-0.15, -0.1) is 0 Å². The number of carbonyl (C=O) groups excluding carboxylic acids is 1. The highest BCUT2D eigenvalue weighted by atomic mass is 31.2. The van der Waals surface area contributed by atoms with Gasteiger partial charge in [-0.25, -0.2) is 4.85 Å². The molecule has 0 aliphatic heterocycles. The lowest BCUT2D eigenvalue weighted by atomic mass is 10.4. The highest BCUT2D eigenvalue weighted by Crippen LogP contribution is 2.45. The molecule has 0 amide bonds. The number of aldehydes is 1. The van der Waals surface area contributed by atoms with Crippen LogP contribution in [-0.2, 0) is 4.79 Å². The van der Waals surface area contributed by atoms with Crippen LogP contribution in [0.25, 0.3) is 4.85 Å². The SMILES string of the molecule is [C-]#[N+]C(C=O)=P(c1ccccc1)(c1ccccc1)c1ccccc1. The summed E-state index contributed by atoms with van der Waals surface area (Å²) in [4.78, 5) is 15.5. The van der Waals surface area contributed by atoms with Gasteiger partial charge in [0.2, 0.25) is 5.42 Å². The Morgan fingerprint density at radius 2 is 1.04 bits per heavy atom. The molecular weight excluding hydrogens is 313 g/mol. The number of carbonyl (C=O) groups is 1. The number of hydrogen-bond acceptors (Lipinski definition) is 1. The van der Waals surface area contributed by atoms with Gasteiger partial charge in [0.15, 0.2) is 6.29 Å². The predicted molar refractivity (Wildman–Crippen MR) is 103 cm³/mol. The van der Waals surface area contributed by atoms with Gasteiger partial charge in [0.25, 0.3) is 0 Å². The van der Waals surface area contributed by atoms with E-state index in [4.69, 9.17) is 6.57 Å². The molecule has 3 aromatic rings. The molecule has 0 heterocycles. The van der Waals surface area contributed by atoms with E-state index in [1.807, 2.05) is 91.0 Å². The first-order valence-corrected chi connectivity index (χ1v) is 9.39. The molecule has 0 spiro atoms. The Balaban J connectivity index is 2.56. The fourth-order valence-corrected chi connectivity index (χ4v) is 6.83.